The third kappa shape index (κ3) is 3.23. The fourth-order valence-electron chi connectivity index (χ4n) is 1.34. The van der Waals surface area contributed by atoms with Crippen molar-refractivity contribution >= 4 is 0 Å². The van der Waals surface area contributed by atoms with Gasteiger partial charge < -0.3 is 5.73 Å². The Balaban J connectivity index is 2.92. The number of rotatable bonds is 3. The maximum Gasteiger partial charge on any atom is 0.416 e. The first-order valence-electron chi connectivity index (χ1n) is 4.65. The molecule has 1 aromatic rings. The molecule has 0 aliphatic carbocycles. The Hall–Kier alpha value is -1.03. The van der Waals surface area contributed by atoms with E-state index in [0.29, 0.717) is 12.0 Å². The van der Waals surface area contributed by atoms with Crippen molar-refractivity contribution in [3.8, 4) is 0 Å². The molecule has 0 fully saturated rings. The molecule has 1 unspecified atom stereocenters. The molecule has 0 aliphatic heterocycles. The van der Waals surface area contributed by atoms with E-state index >= 15 is 0 Å². The lowest BCUT2D eigenvalue weighted by atomic mass is 10.0. The quantitative estimate of drug-likeness (QED) is 0.824. The van der Waals surface area contributed by atoms with E-state index in [1.807, 2.05) is 13.3 Å². The SMILES string of the molecule is C[CH]CC(N)c1cccc(C(F)(F)F)c1. The molecule has 0 saturated heterocycles. The van der Waals surface area contributed by atoms with Crippen molar-refractivity contribution in [3.05, 3.63) is 41.8 Å². The van der Waals surface area contributed by atoms with Crippen LogP contribution < -0.4 is 5.73 Å². The lowest BCUT2D eigenvalue weighted by Crippen LogP contribution is -2.12. The summed E-state index contributed by atoms with van der Waals surface area (Å²) in [6.07, 6.45) is -1.89. The first-order valence-corrected chi connectivity index (χ1v) is 4.65. The van der Waals surface area contributed by atoms with E-state index in [1.165, 1.54) is 6.07 Å². The van der Waals surface area contributed by atoms with Gasteiger partial charge in [0.05, 0.1) is 5.56 Å². The summed E-state index contributed by atoms with van der Waals surface area (Å²) in [7, 11) is 0. The van der Waals surface area contributed by atoms with Gasteiger partial charge in [0.1, 0.15) is 0 Å². The first-order chi connectivity index (χ1) is 6.95. The second-order valence-electron chi connectivity index (χ2n) is 3.37. The minimum Gasteiger partial charge on any atom is -0.324 e. The average Bonchev–Trinajstić information content (AvgIpc) is 2.17. The van der Waals surface area contributed by atoms with E-state index in [4.69, 9.17) is 5.73 Å². The fourth-order valence-corrected chi connectivity index (χ4v) is 1.34. The molecule has 0 aromatic heterocycles. The number of hydrogen-bond acceptors (Lipinski definition) is 1. The van der Waals surface area contributed by atoms with Crippen LogP contribution in [-0.4, -0.2) is 0 Å². The molecule has 1 aromatic carbocycles. The van der Waals surface area contributed by atoms with Crippen LogP contribution in [0.1, 0.15) is 30.5 Å². The molecule has 0 spiro atoms. The Morgan fingerprint density at radius 2 is 2.07 bits per heavy atom. The highest BCUT2D eigenvalue weighted by Crippen LogP contribution is 2.30. The van der Waals surface area contributed by atoms with Crippen molar-refractivity contribution in [2.24, 2.45) is 5.73 Å². The van der Waals surface area contributed by atoms with Gasteiger partial charge in [-0.15, -0.1) is 0 Å². The van der Waals surface area contributed by atoms with Crippen molar-refractivity contribution < 1.29 is 13.2 Å². The Bertz CT molecular complexity index is 320. The highest BCUT2D eigenvalue weighted by atomic mass is 19.4. The Labute approximate surface area is 87.1 Å². The molecule has 1 nitrogen and oxygen atoms in total. The molecule has 1 radical (unpaired) electrons. The third-order valence-corrected chi connectivity index (χ3v) is 2.13. The van der Waals surface area contributed by atoms with Gasteiger partial charge in [0, 0.05) is 6.04 Å². The zero-order chi connectivity index (χ0) is 11.5. The van der Waals surface area contributed by atoms with E-state index in [1.54, 1.807) is 6.07 Å². The summed E-state index contributed by atoms with van der Waals surface area (Å²) in [5.74, 6) is 0. The number of nitrogens with two attached hydrogens (primary N) is 1. The van der Waals surface area contributed by atoms with E-state index < -0.39 is 11.7 Å². The zero-order valence-corrected chi connectivity index (χ0v) is 8.38. The fraction of sp³-hybridized carbons (Fsp3) is 0.364. The smallest absolute Gasteiger partial charge is 0.324 e. The summed E-state index contributed by atoms with van der Waals surface area (Å²) in [5.41, 5.74) is 5.59. The molecule has 15 heavy (non-hydrogen) atoms. The Kier molecular flexibility index (Phi) is 3.74. The van der Waals surface area contributed by atoms with Gasteiger partial charge in [-0.1, -0.05) is 19.1 Å². The van der Waals surface area contributed by atoms with Gasteiger partial charge >= 0.3 is 6.18 Å². The number of halogens is 3. The molecule has 1 rings (SSSR count). The molecule has 2 N–H and O–H groups in total. The van der Waals surface area contributed by atoms with Crippen LogP contribution >= 0.6 is 0 Å². The van der Waals surface area contributed by atoms with Crippen LogP contribution in [0, 0.1) is 6.42 Å². The highest BCUT2D eigenvalue weighted by molar-refractivity contribution is 5.27. The molecular formula is C11H13F3N. The normalized spacial score (nSPS) is 13.9. The molecule has 83 valence electrons. The molecule has 4 heteroatoms. The minimum atomic E-state index is -4.30. The predicted molar refractivity (Wildman–Crippen MR) is 53.0 cm³/mol. The van der Waals surface area contributed by atoms with E-state index in [-0.39, 0.29) is 6.04 Å². The monoisotopic (exact) mass is 216 g/mol. The summed E-state index contributed by atoms with van der Waals surface area (Å²) in [6.45, 7) is 1.83. The van der Waals surface area contributed by atoms with Gasteiger partial charge in [0.25, 0.3) is 0 Å². The molecule has 0 saturated carbocycles. The van der Waals surface area contributed by atoms with Crippen LogP contribution in [0.5, 0.6) is 0 Å². The number of alkyl halides is 3. The molecule has 0 aliphatic rings. The minimum absolute atomic E-state index is 0.364. The van der Waals surface area contributed by atoms with Crippen molar-refractivity contribution in [2.45, 2.75) is 25.6 Å². The Morgan fingerprint density at radius 3 is 2.60 bits per heavy atom. The van der Waals surface area contributed by atoms with Crippen LogP contribution in [0.3, 0.4) is 0 Å². The second kappa shape index (κ2) is 4.66. The third-order valence-electron chi connectivity index (χ3n) is 2.13. The van der Waals surface area contributed by atoms with Crippen molar-refractivity contribution in [1.29, 1.82) is 0 Å². The molecule has 0 amide bonds. The van der Waals surface area contributed by atoms with Gasteiger partial charge in [-0.2, -0.15) is 13.2 Å². The summed E-state index contributed by atoms with van der Waals surface area (Å²) in [6, 6.07) is 4.79. The highest BCUT2D eigenvalue weighted by Gasteiger charge is 2.30. The summed E-state index contributed by atoms with van der Waals surface area (Å²) >= 11 is 0. The van der Waals surface area contributed by atoms with Gasteiger partial charge in [-0.25, -0.2) is 0 Å². The van der Waals surface area contributed by atoms with Crippen LogP contribution in [-0.2, 0) is 6.18 Å². The van der Waals surface area contributed by atoms with Crippen LogP contribution in [0.25, 0.3) is 0 Å². The van der Waals surface area contributed by atoms with Crippen molar-refractivity contribution in [3.63, 3.8) is 0 Å². The average molecular weight is 216 g/mol. The van der Waals surface area contributed by atoms with E-state index in [0.717, 1.165) is 12.1 Å². The first kappa shape index (κ1) is 12.0. The van der Waals surface area contributed by atoms with Crippen LogP contribution in [0.4, 0.5) is 13.2 Å². The zero-order valence-electron chi connectivity index (χ0n) is 8.38. The molecule has 0 heterocycles. The lowest BCUT2D eigenvalue weighted by Gasteiger charge is -2.13. The van der Waals surface area contributed by atoms with Gasteiger partial charge in [0.2, 0.25) is 0 Å². The standard InChI is InChI=1S/C11H13F3N/c1-2-4-10(15)8-5-3-6-9(7-8)11(12,13)14/h2-3,5-7,10H,4,15H2,1H3. The molecular weight excluding hydrogens is 203 g/mol. The maximum absolute atomic E-state index is 12.4. The van der Waals surface area contributed by atoms with Crippen molar-refractivity contribution in [1.82, 2.24) is 0 Å². The topological polar surface area (TPSA) is 26.0 Å². The second-order valence-corrected chi connectivity index (χ2v) is 3.37. The van der Waals surface area contributed by atoms with Crippen LogP contribution in [0.2, 0.25) is 0 Å². The van der Waals surface area contributed by atoms with E-state index in [9.17, 15) is 13.2 Å². The van der Waals surface area contributed by atoms with Gasteiger partial charge in [0.15, 0.2) is 0 Å². The van der Waals surface area contributed by atoms with Gasteiger partial charge in [-0.3, -0.25) is 0 Å². The predicted octanol–water partition coefficient (Wildman–Crippen LogP) is 3.32. The maximum atomic E-state index is 12.4. The number of benzene rings is 1. The molecule has 0 bridgehead atoms. The molecule has 1 atom stereocenters. The van der Waals surface area contributed by atoms with E-state index in [2.05, 4.69) is 0 Å². The Morgan fingerprint density at radius 1 is 1.40 bits per heavy atom. The summed E-state index contributed by atoms with van der Waals surface area (Å²) < 4.78 is 37.1. The lowest BCUT2D eigenvalue weighted by molar-refractivity contribution is -0.137. The number of hydrogen-bond donors (Lipinski definition) is 1. The summed E-state index contributed by atoms with van der Waals surface area (Å²) in [5, 5.41) is 0. The summed E-state index contributed by atoms with van der Waals surface area (Å²) in [4.78, 5) is 0. The largest absolute Gasteiger partial charge is 0.416 e. The van der Waals surface area contributed by atoms with Gasteiger partial charge in [-0.05, 0) is 30.5 Å². The van der Waals surface area contributed by atoms with Crippen molar-refractivity contribution in [2.75, 3.05) is 0 Å². The van der Waals surface area contributed by atoms with Crippen LogP contribution in [0.15, 0.2) is 24.3 Å².